The van der Waals surface area contributed by atoms with Crippen molar-refractivity contribution in [3.05, 3.63) is 0 Å². The molecule has 14 heavy (non-hydrogen) atoms. The largest absolute Gasteiger partial charge is 0.336 e. The molecule has 0 unspecified atom stereocenters. The molecular weight excluding hydrogens is 180 g/mol. The zero-order chi connectivity index (χ0) is 10.6. The minimum absolute atomic E-state index is 0.224. The highest BCUT2D eigenvalue weighted by atomic mass is 16.2. The molecule has 1 aliphatic heterocycles. The highest BCUT2D eigenvalue weighted by Crippen LogP contribution is 2.07. The van der Waals surface area contributed by atoms with Crippen molar-refractivity contribution in [2.75, 3.05) is 33.7 Å². The third kappa shape index (κ3) is 3.10. The molecule has 1 amide bonds. The second-order valence-corrected chi connectivity index (χ2v) is 3.98. The van der Waals surface area contributed by atoms with Gasteiger partial charge in [0.25, 0.3) is 5.91 Å². The number of rotatable bonds is 5. The lowest BCUT2D eigenvalue weighted by molar-refractivity contribution is -0.140. The summed E-state index contributed by atoms with van der Waals surface area (Å²) in [5, 5.41) is 0. The second-order valence-electron chi connectivity index (χ2n) is 3.98. The lowest BCUT2D eigenvalue weighted by atomic mass is 10.3. The Kier molecular flexibility index (Phi) is 4.07. The first-order valence-electron chi connectivity index (χ1n) is 5.08. The van der Waals surface area contributed by atoms with E-state index in [1.54, 1.807) is 4.90 Å². The van der Waals surface area contributed by atoms with Crippen LogP contribution in [0.5, 0.6) is 0 Å². The fourth-order valence-electron chi connectivity index (χ4n) is 1.57. The van der Waals surface area contributed by atoms with E-state index >= 15 is 0 Å². The van der Waals surface area contributed by atoms with Crippen molar-refractivity contribution in [1.82, 2.24) is 9.80 Å². The summed E-state index contributed by atoms with van der Waals surface area (Å²) in [6, 6.07) is 0. The minimum Gasteiger partial charge on any atom is -0.336 e. The summed E-state index contributed by atoms with van der Waals surface area (Å²) in [5.74, 6) is -0.507. The van der Waals surface area contributed by atoms with Crippen molar-refractivity contribution in [2.45, 2.75) is 19.3 Å². The van der Waals surface area contributed by atoms with E-state index in [2.05, 4.69) is 4.90 Å². The smallest absolute Gasteiger partial charge is 0.290 e. The Bertz CT molecular complexity index is 226. The second kappa shape index (κ2) is 5.10. The molecule has 0 radical (unpaired) electrons. The average molecular weight is 198 g/mol. The average Bonchev–Trinajstić information content (AvgIpc) is 2.43. The molecule has 0 atom stereocenters. The van der Waals surface area contributed by atoms with E-state index in [9.17, 15) is 9.59 Å². The summed E-state index contributed by atoms with van der Waals surface area (Å²) in [4.78, 5) is 25.9. The highest BCUT2D eigenvalue weighted by Gasteiger charge is 2.28. The summed E-state index contributed by atoms with van der Waals surface area (Å²) < 4.78 is 0. The summed E-state index contributed by atoms with van der Waals surface area (Å²) in [5.41, 5.74) is 0. The number of amides is 1. The molecule has 0 aromatic carbocycles. The minimum atomic E-state index is -0.283. The Morgan fingerprint density at radius 2 is 2.00 bits per heavy atom. The number of hydrogen-bond acceptors (Lipinski definition) is 3. The van der Waals surface area contributed by atoms with E-state index in [0.29, 0.717) is 13.0 Å². The van der Waals surface area contributed by atoms with Crippen molar-refractivity contribution in [3.63, 3.8) is 0 Å². The molecule has 4 nitrogen and oxygen atoms in total. The number of carbonyl (C=O) groups is 2. The Balaban J connectivity index is 2.13. The first kappa shape index (κ1) is 11.2. The third-order valence-corrected chi connectivity index (χ3v) is 2.42. The standard InChI is InChI=1S/C10H18N2O2/c1-11(2)6-3-4-7-12-8-5-9(13)10(12)14/h3-8H2,1-2H3. The number of nitrogens with zero attached hydrogens (tertiary/aromatic N) is 2. The molecular formula is C10H18N2O2. The van der Waals surface area contributed by atoms with Gasteiger partial charge in [0.1, 0.15) is 0 Å². The van der Waals surface area contributed by atoms with Gasteiger partial charge in [-0.25, -0.2) is 0 Å². The molecule has 0 aromatic heterocycles. The lowest BCUT2D eigenvalue weighted by Crippen LogP contribution is -2.28. The lowest BCUT2D eigenvalue weighted by Gasteiger charge is -2.15. The van der Waals surface area contributed by atoms with Crippen LogP contribution in [0.25, 0.3) is 0 Å². The predicted molar refractivity (Wildman–Crippen MR) is 54.0 cm³/mol. The van der Waals surface area contributed by atoms with E-state index in [0.717, 1.165) is 25.9 Å². The Hall–Kier alpha value is -0.900. The van der Waals surface area contributed by atoms with Gasteiger partial charge in [0, 0.05) is 19.5 Å². The van der Waals surface area contributed by atoms with Crippen LogP contribution in [0.1, 0.15) is 19.3 Å². The first-order chi connectivity index (χ1) is 6.61. The molecule has 0 bridgehead atoms. The number of ketones is 1. The van der Waals surface area contributed by atoms with Crippen molar-refractivity contribution in [1.29, 1.82) is 0 Å². The van der Waals surface area contributed by atoms with Gasteiger partial charge in [-0.15, -0.1) is 0 Å². The van der Waals surface area contributed by atoms with Crippen LogP contribution < -0.4 is 0 Å². The maximum atomic E-state index is 11.2. The maximum Gasteiger partial charge on any atom is 0.290 e. The Morgan fingerprint density at radius 3 is 2.50 bits per heavy atom. The van der Waals surface area contributed by atoms with Gasteiger partial charge in [0.2, 0.25) is 5.78 Å². The van der Waals surface area contributed by atoms with Gasteiger partial charge in [-0.1, -0.05) is 0 Å². The molecule has 1 fully saturated rings. The van der Waals surface area contributed by atoms with E-state index in [4.69, 9.17) is 0 Å². The highest BCUT2D eigenvalue weighted by molar-refractivity contribution is 6.37. The van der Waals surface area contributed by atoms with Crippen LogP contribution in [-0.2, 0) is 9.59 Å². The molecule has 80 valence electrons. The normalized spacial score (nSPS) is 17.2. The molecule has 4 heteroatoms. The van der Waals surface area contributed by atoms with Crippen molar-refractivity contribution >= 4 is 11.7 Å². The molecule has 1 aliphatic rings. The fourth-order valence-corrected chi connectivity index (χ4v) is 1.57. The van der Waals surface area contributed by atoms with Crippen LogP contribution in [0.15, 0.2) is 0 Å². The van der Waals surface area contributed by atoms with Crippen LogP contribution in [0.2, 0.25) is 0 Å². The Labute approximate surface area is 84.9 Å². The molecule has 1 rings (SSSR count). The van der Waals surface area contributed by atoms with E-state index in [-0.39, 0.29) is 11.7 Å². The number of likely N-dealkylation sites (tertiary alicyclic amines) is 1. The zero-order valence-corrected chi connectivity index (χ0v) is 8.95. The van der Waals surface area contributed by atoms with Crippen molar-refractivity contribution in [3.8, 4) is 0 Å². The molecule has 0 saturated carbocycles. The quantitative estimate of drug-likeness (QED) is 0.466. The Morgan fingerprint density at radius 1 is 1.29 bits per heavy atom. The molecule has 1 saturated heterocycles. The maximum absolute atomic E-state index is 11.2. The molecule has 0 spiro atoms. The molecule has 0 aromatic rings. The first-order valence-corrected chi connectivity index (χ1v) is 5.08. The van der Waals surface area contributed by atoms with Crippen LogP contribution in [0.4, 0.5) is 0 Å². The van der Waals surface area contributed by atoms with Crippen LogP contribution in [0.3, 0.4) is 0 Å². The number of unbranched alkanes of at least 4 members (excludes halogenated alkanes) is 1. The van der Waals surface area contributed by atoms with Gasteiger partial charge < -0.3 is 9.80 Å². The fraction of sp³-hybridized carbons (Fsp3) is 0.800. The van der Waals surface area contributed by atoms with Gasteiger partial charge in [-0.05, 0) is 33.5 Å². The molecule has 1 heterocycles. The van der Waals surface area contributed by atoms with Crippen molar-refractivity contribution in [2.24, 2.45) is 0 Å². The third-order valence-electron chi connectivity index (χ3n) is 2.42. The van der Waals surface area contributed by atoms with Gasteiger partial charge in [0.05, 0.1) is 0 Å². The van der Waals surface area contributed by atoms with E-state index in [1.807, 2.05) is 14.1 Å². The number of Topliss-reactive ketones (excluding diaryl/α,β-unsaturated/α-hetero) is 1. The van der Waals surface area contributed by atoms with Crippen LogP contribution in [-0.4, -0.2) is 55.2 Å². The van der Waals surface area contributed by atoms with Crippen LogP contribution in [0, 0.1) is 0 Å². The van der Waals surface area contributed by atoms with Gasteiger partial charge in [-0.3, -0.25) is 9.59 Å². The van der Waals surface area contributed by atoms with Crippen molar-refractivity contribution < 1.29 is 9.59 Å². The molecule has 0 N–H and O–H groups in total. The van der Waals surface area contributed by atoms with Gasteiger partial charge >= 0.3 is 0 Å². The monoisotopic (exact) mass is 198 g/mol. The van der Waals surface area contributed by atoms with Crippen LogP contribution >= 0.6 is 0 Å². The summed E-state index contributed by atoms with van der Waals surface area (Å²) >= 11 is 0. The SMILES string of the molecule is CN(C)CCCCN1CCC(=O)C1=O. The number of hydrogen-bond donors (Lipinski definition) is 0. The van der Waals surface area contributed by atoms with E-state index in [1.165, 1.54) is 0 Å². The van der Waals surface area contributed by atoms with Gasteiger partial charge in [-0.2, -0.15) is 0 Å². The summed E-state index contributed by atoms with van der Waals surface area (Å²) in [6.45, 7) is 2.40. The molecule has 0 aliphatic carbocycles. The predicted octanol–water partition coefficient (Wildman–Crippen LogP) is 0.130. The topological polar surface area (TPSA) is 40.6 Å². The number of carbonyl (C=O) groups excluding carboxylic acids is 2. The zero-order valence-electron chi connectivity index (χ0n) is 8.95. The summed E-state index contributed by atoms with van der Waals surface area (Å²) in [7, 11) is 4.06. The van der Waals surface area contributed by atoms with E-state index < -0.39 is 0 Å². The van der Waals surface area contributed by atoms with Gasteiger partial charge in [0.15, 0.2) is 0 Å². The summed E-state index contributed by atoms with van der Waals surface area (Å²) in [6.07, 6.45) is 2.47.